The second-order valence-electron chi connectivity index (χ2n) is 11.7. The molecule has 1 unspecified atom stereocenters. The van der Waals surface area contributed by atoms with Gasteiger partial charge in [-0.05, 0) is 62.6 Å². The van der Waals surface area contributed by atoms with Gasteiger partial charge < -0.3 is 19.7 Å². The first-order chi connectivity index (χ1) is 20.7. The molecule has 44 heavy (non-hydrogen) atoms. The summed E-state index contributed by atoms with van der Waals surface area (Å²) in [5, 5.41) is 3.85. The molecule has 0 bridgehead atoms. The summed E-state index contributed by atoms with van der Waals surface area (Å²) in [5.41, 5.74) is 1.37. The van der Waals surface area contributed by atoms with Crippen molar-refractivity contribution in [3.05, 3.63) is 87.9 Å². The molecular weight excluding hydrogens is 625 g/mol. The third kappa shape index (κ3) is 9.03. The van der Waals surface area contributed by atoms with Crippen LogP contribution in [-0.4, -0.2) is 56.3 Å². The zero-order valence-electron chi connectivity index (χ0n) is 25.2. The lowest BCUT2D eigenvalue weighted by molar-refractivity contribution is -0.142. The predicted molar refractivity (Wildman–Crippen MR) is 173 cm³/mol. The molecule has 12 heteroatoms. The molecule has 0 saturated carbocycles. The van der Waals surface area contributed by atoms with E-state index in [-0.39, 0.29) is 51.0 Å². The van der Waals surface area contributed by atoms with Gasteiger partial charge in [0.1, 0.15) is 6.04 Å². The van der Waals surface area contributed by atoms with Crippen LogP contribution < -0.4 is 19.1 Å². The van der Waals surface area contributed by atoms with Gasteiger partial charge in [-0.25, -0.2) is 8.42 Å². The van der Waals surface area contributed by atoms with Crippen molar-refractivity contribution in [2.45, 2.75) is 58.2 Å². The molecule has 0 aromatic heterocycles. The molecule has 3 aromatic rings. The van der Waals surface area contributed by atoms with Gasteiger partial charge in [-0.2, -0.15) is 0 Å². The Balaban J connectivity index is 1.61. The average molecular weight is 663 g/mol. The van der Waals surface area contributed by atoms with Crippen LogP contribution in [0.25, 0.3) is 0 Å². The molecule has 0 saturated heterocycles. The fraction of sp³-hybridized carbons (Fsp3) is 0.375. The highest BCUT2D eigenvalue weighted by Gasteiger charge is 2.33. The summed E-state index contributed by atoms with van der Waals surface area (Å²) in [6.45, 7) is 5.79. The fourth-order valence-electron chi connectivity index (χ4n) is 4.88. The standard InChI is InChI=1S/C32H37Cl2N3O6S/c1-32(2,3)35-31(39)27(17-22-9-6-5-7-10-22)36(20-23-12-13-24(33)18-26(23)34)30(38)11-8-16-37(44(4,40)41)25-14-15-28-29(19-25)43-21-42-28/h5-7,9-10,12-15,18-19,27H,8,11,16-17,20-21H2,1-4H3,(H,35,39). The Morgan fingerprint density at radius 3 is 2.34 bits per heavy atom. The number of ether oxygens (including phenoxy) is 2. The number of rotatable bonds is 12. The summed E-state index contributed by atoms with van der Waals surface area (Å²) < 4.78 is 37.5. The molecule has 1 atom stereocenters. The summed E-state index contributed by atoms with van der Waals surface area (Å²) >= 11 is 12.6. The number of benzene rings is 3. The number of hydrogen-bond acceptors (Lipinski definition) is 6. The minimum absolute atomic E-state index is 0.0180. The van der Waals surface area contributed by atoms with Crippen molar-refractivity contribution in [1.29, 1.82) is 0 Å². The Morgan fingerprint density at radius 2 is 1.68 bits per heavy atom. The summed E-state index contributed by atoms with van der Waals surface area (Å²) in [4.78, 5) is 29.3. The Morgan fingerprint density at radius 1 is 0.977 bits per heavy atom. The van der Waals surface area contributed by atoms with Crippen molar-refractivity contribution in [2.24, 2.45) is 0 Å². The van der Waals surface area contributed by atoms with Gasteiger partial charge in [0.15, 0.2) is 11.5 Å². The number of carbonyl (C=O) groups is 2. The van der Waals surface area contributed by atoms with Gasteiger partial charge in [0.05, 0.1) is 11.9 Å². The molecule has 3 aromatic carbocycles. The molecule has 1 aliphatic rings. The maximum Gasteiger partial charge on any atom is 0.243 e. The Kier molecular flexibility index (Phi) is 10.7. The molecule has 0 aliphatic carbocycles. The molecule has 1 aliphatic heterocycles. The van der Waals surface area contributed by atoms with E-state index in [1.165, 1.54) is 9.21 Å². The van der Waals surface area contributed by atoms with Crippen molar-refractivity contribution in [3.63, 3.8) is 0 Å². The first-order valence-corrected chi connectivity index (χ1v) is 16.8. The quantitative estimate of drug-likeness (QED) is 0.262. The van der Waals surface area contributed by atoms with Gasteiger partial charge in [-0.1, -0.05) is 59.6 Å². The largest absolute Gasteiger partial charge is 0.454 e. The molecule has 0 fully saturated rings. The Bertz CT molecular complexity index is 1600. The van der Waals surface area contributed by atoms with Crippen LogP contribution in [0.4, 0.5) is 5.69 Å². The summed E-state index contributed by atoms with van der Waals surface area (Å²) in [5.74, 6) is 0.358. The molecule has 1 heterocycles. The van der Waals surface area contributed by atoms with Gasteiger partial charge in [-0.3, -0.25) is 13.9 Å². The molecule has 1 N–H and O–H groups in total. The molecule has 0 radical (unpaired) electrons. The van der Waals surface area contributed by atoms with E-state index in [2.05, 4.69) is 5.32 Å². The van der Waals surface area contributed by atoms with Crippen LogP contribution in [0.3, 0.4) is 0 Å². The topological polar surface area (TPSA) is 105 Å². The van der Waals surface area contributed by atoms with E-state index in [4.69, 9.17) is 32.7 Å². The van der Waals surface area contributed by atoms with Crippen LogP contribution >= 0.6 is 23.2 Å². The third-order valence-electron chi connectivity index (χ3n) is 6.92. The maximum atomic E-state index is 14.0. The van der Waals surface area contributed by atoms with Gasteiger partial charge >= 0.3 is 0 Å². The average Bonchev–Trinajstić information content (AvgIpc) is 3.41. The highest BCUT2D eigenvalue weighted by Crippen LogP contribution is 2.36. The lowest BCUT2D eigenvalue weighted by Crippen LogP contribution is -2.54. The van der Waals surface area contributed by atoms with E-state index in [1.807, 2.05) is 51.1 Å². The number of nitrogens with zero attached hydrogens (tertiary/aromatic N) is 2. The number of sulfonamides is 1. The summed E-state index contributed by atoms with van der Waals surface area (Å²) in [6.07, 6.45) is 1.56. The molecule has 236 valence electrons. The van der Waals surface area contributed by atoms with Crippen molar-refractivity contribution >= 4 is 50.7 Å². The van der Waals surface area contributed by atoms with Crippen molar-refractivity contribution in [3.8, 4) is 11.5 Å². The monoisotopic (exact) mass is 661 g/mol. The van der Waals surface area contributed by atoms with E-state index < -0.39 is 21.6 Å². The molecule has 0 spiro atoms. The zero-order valence-corrected chi connectivity index (χ0v) is 27.5. The first-order valence-electron chi connectivity index (χ1n) is 14.2. The number of nitrogens with one attached hydrogen (secondary N) is 1. The second-order valence-corrected chi connectivity index (χ2v) is 14.4. The zero-order chi connectivity index (χ0) is 32.1. The number of hydrogen-bond donors (Lipinski definition) is 1. The Hall–Kier alpha value is -3.47. The van der Waals surface area contributed by atoms with E-state index in [9.17, 15) is 18.0 Å². The van der Waals surface area contributed by atoms with Gasteiger partial charge in [0, 0.05) is 47.6 Å². The lowest BCUT2D eigenvalue weighted by Gasteiger charge is -2.34. The number of halogens is 2. The number of anilines is 1. The Labute approximate surface area is 269 Å². The van der Waals surface area contributed by atoms with Gasteiger partial charge in [-0.15, -0.1) is 0 Å². The smallest absolute Gasteiger partial charge is 0.243 e. The van der Waals surface area contributed by atoms with E-state index >= 15 is 0 Å². The van der Waals surface area contributed by atoms with E-state index in [1.54, 1.807) is 36.4 Å². The van der Waals surface area contributed by atoms with E-state index in [0.29, 0.717) is 32.8 Å². The lowest BCUT2D eigenvalue weighted by atomic mass is 10.00. The second kappa shape index (κ2) is 14.1. The fourth-order valence-corrected chi connectivity index (χ4v) is 6.31. The molecule has 2 amide bonds. The molecule has 9 nitrogen and oxygen atoms in total. The summed E-state index contributed by atoms with van der Waals surface area (Å²) in [6, 6.07) is 18.5. The minimum Gasteiger partial charge on any atom is -0.454 e. The van der Waals surface area contributed by atoms with Crippen LogP contribution in [0.15, 0.2) is 66.7 Å². The predicted octanol–water partition coefficient (Wildman–Crippen LogP) is 5.82. The number of carbonyl (C=O) groups excluding carboxylic acids is 2. The minimum atomic E-state index is -3.68. The van der Waals surface area contributed by atoms with Crippen LogP contribution in [0.2, 0.25) is 10.0 Å². The molecular formula is C32H37Cl2N3O6S. The highest BCUT2D eigenvalue weighted by atomic mass is 35.5. The van der Waals surface area contributed by atoms with Crippen LogP contribution in [0, 0.1) is 0 Å². The van der Waals surface area contributed by atoms with Crippen molar-refractivity contribution in [2.75, 3.05) is 23.9 Å². The van der Waals surface area contributed by atoms with E-state index in [0.717, 1.165) is 11.8 Å². The molecule has 4 rings (SSSR count). The highest BCUT2D eigenvalue weighted by molar-refractivity contribution is 7.92. The number of fused-ring (bicyclic) bond motifs is 1. The normalized spacial score (nSPS) is 13.3. The number of amides is 2. The first kappa shape index (κ1) is 33.4. The third-order valence-corrected chi connectivity index (χ3v) is 8.70. The van der Waals surface area contributed by atoms with Crippen LogP contribution in [0.1, 0.15) is 44.7 Å². The van der Waals surface area contributed by atoms with Crippen LogP contribution in [-0.2, 0) is 32.6 Å². The van der Waals surface area contributed by atoms with Crippen molar-refractivity contribution in [1.82, 2.24) is 10.2 Å². The van der Waals surface area contributed by atoms with Crippen LogP contribution in [0.5, 0.6) is 11.5 Å². The van der Waals surface area contributed by atoms with Gasteiger partial charge in [0.2, 0.25) is 28.6 Å². The summed E-state index contributed by atoms with van der Waals surface area (Å²) in [7, 11) is -3.68. The van der Waals surface area contributed by atoms with Crippen molar-refractivity contribution < 1.29 is 27.5 Å². The maximum absolute atomic E-state index is 14.0. The SMILES string of the molecule is CC(C)(C)NC(=O)C(Cc1ccccc1)N(Cc1ccc(Cl)cc1Cl)C(=O)CCCN(c1ccc2c(c1)OCO2)S(C)(=O)=O. The van der Waals surface area contributed by atoms with Gasteiger partial charge in [0.25, 0.3) is 0 Å².